The molecule has 0 aliphatic carbocycles. The molecular formula is C16H18N2O6. The minimum Gasteiger partial charge on any atom is -0.481 e. The summed E-state index contributed by atoms with van der Waals surface area (Å²) in [5.41, 5.74) is 1.07. The Morgan fingerprint density at radius 2 is 2.08 bits per heavy atom. The largest absolute Gasteiger partial charge is 0.481 e. The number of anilines is 2. The monoisotopic (exact) mass is 334 g/mol. The van der Waals surface area contributed by atoms with E-state index in [0.29, 0.717) is 23.7 Å². The van der Waals surface area contributed by atoms with E-state index in [9.17, 15) is 14.4 Å². The number of hydrogen-bond acceptors (Lipinski definition) is 7. The number of hydrogen-bond donors (Lipinski definition) is 1. The summed E-state index contributed by atoms with van der Waals surface area (Å²) < 4.78 is 14.6. The van der Waals surface area contributed by atoms with Crippen molar-refractivity contribution in [1.29, 1.82) is 0 Å². The molecule has 1 N–H and O–H groups in total. The predicted molar refractivity (Wildman–Crippen MR) is 85.7 cm³/mol. The Labute approximate surface area is 139 Å². The molecular weight excluding hydrogens is 316 g/mol. The van der Waals surface area contributed by atoms with Gasteiger partial charge in [0.2, 0.25) is 0 Å². The Kier molecular flexibility index (Phi) is 5.41. The number of carbonyl (C=O) groups is 3. The van der Waals surface area contributed by atoms with Gasteiger partial charge in [0.05, 0.1) is 26.0 Å². The molecule has 8 nitrogen and oxygen atoms in total. The average molecular weight is 334 g/mol. The highest BCUT2D eigenvalue weighted by Gasteiger charge is 2.24. The van der Waals surface area contributed by atoms with Crippen molar-refractivity contribution in [1.82, 2.24) is 0 Å². The van der Waals surface area contributed by atoms with Crippen LogP contribution in [0.2, 0.25) is 0 Å². The molecule has 0 bridgehead atoms. The van der Waals surface area contributed by atoms with Crippen LogP contribution in [0, 0.1) is 0 Å². The zero-order valence-electron chi connectivity index (χ0n) is 13.6. The van der Waals surface area contributed by atoms with Gasteiger partial charge in [-0.2, -0.15) is 0 Å². The lowest BCUT2D eigenvalue weighted by Gasteiger charge is -2.28. The van der Waals surface area contributed by atoms with Gasteiger partial charge in [-0.25, -0.2) is 9.59 Å². The third kappa shape index (κ3) is 3.65. The van der Waals surface area contributed by atoms with Crippen molar-refractivity contribution < 1.29 is 28.6 Å². The van der Waals surface area contributed by atoms with Gasteiger partial charge in [0.25, 0.3) is 5.91 Å². The summed E-state index contributed by atoms with van der Waals surface area (Å²) in [5.74, 6) is -1.03. The molecule has 1 aliphatic heterocycles. The molecule has 0 radical (unpaired) electrons. The van der Waals surface area contributed by atoms with Gasteiger partial charge >= 0.3 is 11.9 Å². The van der Waals surface area contributed by atoms with Gasteiger partial charge < -0.3 is 24.4 Å². The number of amides is 1. The Morgan fingerprint density at radius 1 is 1.33 bits per heavy atom. The van der Waals surface area contributed by atoms with Crippen LogP contribution in [0.15, 0.2) is 30.0 Å². The summed E-state index contributed by atoms with van der Waals surface area (Å²) >= 11 is 0. The van der Waals surface area contributed by atoms with E-state index in [4.69, 9.17) is 4.74 Å². The summed E-state index contributed by atoms with van der Waals surface area (Å²) in [5, 5.41) is 2.79. The summed E-state index contributed by atoms with van der Waals surface area (Å²) in [6, 6.07) is 5.00. The third-order valence-electron chi connectivity index (χ3n) is 3.37. The minimum absolute atomic E-state index is 0.0495. The van der Waals surface area contributed by atoms with Crippen molar-refractivity contribution >= 4 is 29.2 Å². The zero-order valence-corrected chi connectivity index (χ0v) is 13.6. The van der Waals surface area contributed by atoms with E-state index in [2.05, 4.69) is 14.8 Å². The van der Waals surface area contributed by atoms with Crippen LogP contribution in [-0.4, -0.2) is 45.2 Å². The normalized spacial score (nSPS) is 13.7. The molecule has 0 atom stereocenters. The highest BCUT2D eigenvalue weighted by Crippen LogP contribution is 2.34. The number of methoxy groups -OCH3 is 2. The maximum absolute atomic E-state index is 11.8. The minimum atomic E-state index is -0.718. The maximum Gasteiger partial charge on any atom is 0.354 e. The first-order valence-electron chi connectivity index (χ1n) is 7.22. The lowest BCUT2D eigenvalue weighted by Crippen LogP contribution is -2.38. The van der Waals surface area contributed by atoms with Crippen LogP contribution < -0.4 is 15.0 Å². The molecule has 0 saturated carbocycles. The Balaban J connectivity index is 2.29. The molecule has 0 spiro atoms. The van der Waals surface area contributed by atoms with Crippen molar-refractivity contribution in [3.63, 3.8) is 0 Å². The summed E-state index contributed by atoms with van der Waals surface area (Å²) in [6.07, 6.45) is 0.994. The van der Waals surface area contributed by atoms with E-state index in [1.165, 1.54) is 14.2 Å². The Bertz CT molecular complexity index is 698. The Morgan fingerprint density at radius 3 is 2.71 bits per heavy atom. The quantitative estimate of drug-likeness (QED) is 0.636. The van der Waals surface area contributed by atoms with Gasteiger partial charge in [-0.15, -0.1) is 0 Å². The summed E-state index contributed by atoms with van der Waals surface area (Å²) in [6.45, 7) is 2.34. The van der Waals surface area contributed by atoms with Crippen LogP contribution in [0.5, 0.6) is 5.75 Å². The summed E-state index contributed by atoms with van der Waals surface area (Å²) in [4.78, 5) is 36.5. The van der Waals surface area contributed by atoms with Crippen LogP contribution in [-0.2, 0) is 23.9 Å². The number of benzene rings is 1. The van der Waals surface area contributed by atoms with E-state index in [0.717, 1.165) is 6.08 Å². The van der Waals surface area contributed by atoms with Gasteiger partial charge in [0, 0.05) is 18.3 Å². The lowest BCUT2D eigenvalue weighted by molar-refractivity contribution is -0.138. The molecule has 24 heavy (non-hydrogen) atoms. The van der Waals surface area contributed by atoms with E-state index in [-0.39, 0.29) is 18.2 Å². The van der Waals surface area contributed by atoms with E-state index >= 15 is 0 Å². The molecule has 0 unspecified atom stereocenters. The zero-order chi connectivity index (χ0) is 17.7. The van der Waals surface area contributed by atoms with E-state index in [1.54, 1.807) is 23.1 Å². The smallest absolute Gasteiger partial charge is 0.354 e. The first-order chi connectivity index (χ1) is 11.5. The van der Waals surface area contributed by atoms with Crippen LogP contribution >= 0.6 is 0 Å². The number of carbonyl (C=O) groups excluding carboxylic acids is 3. The maximum atomic E-state index is 11.8. The van der Waals surface area contributed by atoms with Gasteiger partial charge in [-0.05, 0) is 19.1 Å². The van der Waals surface area contributed by atoms with Gasteiger partial charge in [0.1, 0.15) is 11.4 Å². The van der Waals surface area contributed by atoms with Crippen LogP contribution in [0.4, 0.5) is 11.4 Å². The van der Waals surface area contributed by atoms with Gasteiger partial charge in [-0.1, -0.05) is 0 Å². The molecule has 2 rings (SSSR count). The van der Waals surface area contributed by atoms with Crippen molar-refractivity contribution in [2.75, 3.05) is 37.6 Å². The van der Waals surface area contributed by atoms with Crippen LogP contribution in [0.3, 0.4) is 0 Å². The third-order valence-corrected chi connectivity index (χ3v) is 3.37. The summed E-state index contributed by atoms with van der Waals surface area (Å²) in [7, 11) is 2.41. The second-order valence-electron chi connectivity index (χ2n) is 4.81. The van der Waals surface area contributed by atoms with E-state index < -0.39 is 11.9 Å². The van der Waals surface area contributed by atoms with Crippen molar-refractivity contribution in [3.05, 3.63) is 30.0 Å². The first-order valence-corrected chi connectivity index (χ1v) is 7.22. The standard InChI is InChI=1S/C16H18N2O6/c1-4-18-12-6-5-10(7-13(12)24-9-14(18)19)17-11(16(21)23-3)8-15(20)22-2/h5-8,17H,4,9H2,1-3H3/b11-8+. The molecule has 0 aromatic heterocycles. The number of nitrogens with one attached hydrogen (secondary N) is 1. The predicted octanol–water partition coefficient (Wildman–Crippen LogP) is 1.07. The highest BCUT2D eigenvalue weighted by molar-refractivity contribution is 6.00. The lowest BCUT2D eigenvalue weighted by atomic mass is 10.2. The first kappa shape index (κ1) is 17.3. The average Bonchev–Trinajstić information content (AvgIpc) is 2.60. The van der Waals surface area contributed by atoms with Gasteiger partial charge in [-0.3, -0.25) is 4.79 Å². The molecule has 1 aliphatic rings. The molecule has 0 saturated heterocycles. The number of fused-ring (bicyclic) bond motifs is 1. The fourth-order valence-corrected chi connectivity index (χ4v) is 2.22. The SMILES string of the molecule is CCN1C(=O)COc2cc(N/C(=C/C(=O)OC)C(=O)OC)ccc21. The molecule has 0 fully saturated rings. The molecule has 1 aromatic carbocycles. The van der Waals surface area contributed by atoms with Crippen molar-refractivity contribution in [3.8, 4) is 5.75 Å². The van der Waals surface area contributed by atoms with Crippen molar-refractivity contribution in [2.24, 2.45) is 0 Å². The fourth-order valence-electron chi connectivity index (χ4n) is 2.22. The molecule has 1 heterocycles. The molecule has 128 valence electrons. The second kappa shape index (κ2) is 7.49. The molecule has 1 aromatic rings. The number of ether oxygens (including phenoxy) is 3. The van der Waals surface area contributed by atoms with E-state index in [1.807, 2.05) is 6.92 Å². The molecule has 1 amide bonds. The Hall–Kier alpha value is -3.03. The van der Waals surface area contributed by atoms with Crippen LogP contribution in [0.25, 0.3) is 0 Å². The second-order valence-corrected chi connectivity index (χ2v) is 4.81. The van der Waals surface area contributed by atoms with Crippen LogP contribution in [0.1, 0.15) is 6.92 Å². The van der Waals surface area contributed by atoms with Gasteiger partial charge in [0.15, 0.2) is 6.61 Å². The molecule has 8 heteroatoms. The number of nitrogens with zero attached hydrogens (tertiary/aromatic N) is 1. The highest BCUT2D eigenvalue weighted by atomic mass is 16.5. The fraction of sp³-hybridized carbons (Fsp3) is 0.312. The topological polar surface area (TPSA) is 94.2 Å². The number of likely N-dealkylation sites (N-methyl/N-ethyl adjacent to an activating group) is 1. The number of rotatable bonds is 5. The van der Waals surface area contributed by atoms with Crippen molar-refractivity contribution in [2.45, 2.75) is 6.92 Å². The number of esters is 2.